The monoisotopic (exact) mass is 565 g/mol. The summed E-state index contributed by atoms with van der Waals surface area (Å²) in [4.78, 5) is 35.4. The number of anilines is 1. The molecule has 1 atom stereocenters. The van der Waals surface area contributed by atoms with Gasteiger partial charge in [0.05, 0.1) is 26.0 Å². The molecule has 3 heterocycles. The Labute approximate surface area is 223 Å². The SMILES string of the molecule is COc1ccc(F)cc1[C@H](CN1C(=O)N(C(C)(C)C(=O)O)S(=O)(=O)c2c1nc(-c1ncco1)n2C)OC(C)C. The zero-order valence-corrected chi connectivity index (χ0v) is 22.9. The van der Waals surface area contributed by atoms with Gasteiger partial charge in [-0.3, -0.25) is 4.90 Å². The predicted octanol–water partition coefficient (Wildman–Crippen LogP) is 3.18. The third-order valence-electron chi connectivity index (χ3n) is 6.15. The number of ether oxygens (including phenoxy) is 2. The van der Waals surface area contributed by atoms with Crippen molar-refractivity contribution in [2.75, 3.05) is 18.6 Å². The van der Waals surface area contributed by atoms with Crippen LogP contribution in [0.5, 0.6) is 5.75 Å². The quantitative estimate of drug-likeness (QED) is 0.409. The van der Waals surface area contributed by atoms with Gasteiger partial charge < -0.3 is 23.6 Å². The Kier molecular flexibility index (Phi) is 7.16. The Bertz CT molecular complexity index is 1520. The Morgan fingerprint density at radius 3 is 2.54 bits per heavy atom. The number of methoxy groups -OCH3 is 1. The number of carbonyl (C=O) groups is 2. The van der Waals surface area contributed by atoms with Crippen molar-refractivity contribution < 1.29 is 41.4 Å². The van der Waals surface area contributed by atoms with Crippen molar-refractivity contribution in [3.05, 3.63) is 42.0 Å². The first-order valence-electron chi connectivity index (χ1n) is 11.8. The van der Waals surface area contributed by atoms with Crippen LogP contribution >= 0.6 is 0 Å². The van der Waals surface area contributed by atoms with Crippen LogP contribution in [0.15, 0.2) is 40.1 Å². The molecule has 1 aliphatic rings. The van der Waals surface area contributed by atoms with Crippen LogP contribution in [0, 0.1) is 5.82 Å². The van der Waals surface area contributed by atoms with Gasteiger partial charge in [0.1, 0.15) is 23.9 Å². The molecule has 210 valence electrons. The summed E-state index contributed by atoms with van der Waals surface area (Å²) in [5.74, 6) is -2.22. The average molecular weight is 566 g/mol. The number of hydrogen-bond donors (Lipinski definition) is 1. The Hall–Kier alpha value is -3.98. The van der Waals surface area contributed by atoms with Gasteiger partial charge in [0, 0.05) is 12.6 Å². The number of sulfonamides is 1. The molecular weight excluding hydrogens is 537 g/mol. The zero-order valence-electron chi connectivity index (χ0n) is 22.1. The number of benzene rings is 1. The van der Waals surface area contributed by atoms with E-state index in [1.807, 2.05) is 0 Å². The van der Waals surface area contributed by atoms with Crippen molar-refractivity contribution in [2.45, 2.75) is 50.5 Å². The van der Waals surface area contributed by atoms with Crippen LogP contribution in [0.25, 0.3) is 11.7 Å². The number of nitrogens with zero attached hydrogens (tertiary/aromatic N) is 5. The Morgan fingerprint density at radius 1 is 1.28 bits per heavy atom. The third kappa shape index (κ3) is 4.71. The van der Waals surface area contributed by atoms with Gasteiger partial charge in [0.25, 0.3) is 15.9 Å². The zero-order chi connectivity index (χ0) is 28.9. The van der Waals surface area contributed by atoms with E-state index in [2.05, 4.69) is 9.97 Å². The van der Waals surface area contributed by atoms with Crippen LogP contribution < -0.4 is 9.64 Å². The van der Waals surface area contributed by atoms with Gasteiger partial charge in [-0.15, -0.1) is 0 Å². The molecule has 39 heavy (non-hydrogen) atoms. The van der Waals surface area contributed by atoms with E-state index in [0.717, 1.165) is 23.3 Å². The number of hydrogen-bond acceptors (Lipinski definition) is 9. The van der Waals surface area contributed by atoms with Crippen LogP contribution in [-0.4, -0.2) is 69.7 Å². The fraction of sp³-hybridized carbons (Fsp3) is 0.417. The number of halogens is 1. The van der Waals surface area contributed by atoms with Crippen molar-refractivity contribution >= 4 is 27.8 Å². The molecular formula is C24H28FN5O8S. The number of carboxylic acids is 1. The standard InChI is InChI=1S/C24H28FN5O8S/c1-13(2)38-17(15-11-14(25)7-8-16(15)36-6)12-29-19-21(28(5)18(27-19)20-26-9-10-37-20)39(34,35)30(23(29)33)24(3,4)22(31)32/h7-11,13,17H,12H2,1-6H3,(H,31,32)/t17-/m0/s1. The van der Waals surface area contributed by atoms with Crippen LogP contribution in [-0.2, 0) is 26.6 Å². The van der Waals surface area contributed by atoms with Crippen molar-refractivity contribution in [2.24, 2.45) is 7.05 Å². The van der Waals surface area contributed by atoms with E-state index >= 15 is 0 Å². The van der Waals surface area contributed by atoms with E-state index < -0.39 is 50.6 Å². The van der Waals surface area contributed by atoms with Gasteiger partial charge >= 0.3 is 12.0 Å². The summed E-state index contributed by atoms with van der Waals surface area (Å²) in [6.45, 7) is 5.28. The Morgan fingerprint density at radius 2 is 1.97 bits per heavy atom. The number of amides is 2. The summed E-state index contributed by atoms with van der Waals surface area (Å²) in [5.41, 5.74) is -1.94. The van der Waals surface area contributed by atoms with Gasteiger partial charge in [-0.2, -0.15) is 12.7 Å². The molecule has 13 nitrogen and oxygen atoms in total. The summed E-state index contributed by atoms with van der Waals surface area (Å²) in [5, 5.41) is 9.41. The second-order valence-corrected chi connectivity index (χ2v) is 11.2. The number of imidazole rings is 1. The maximum atomic E-state index is 14.3. The molecule has 0 unspecified atom stereocenters. The fourth-order valence-electron chi connectivity index (χ4n) is 4.31. The first-order chi connectivity index (χ1) is 18.2. The van der Waals surface area contributed by atoms with E-state index in [9.17, 15) is 27.5 Å². The molecule has 1 N–H and O–H groups in total. The van der Waals surface area contributed by atoms with Crippen molar-refractivity contribution in [3.63, 3.8) is 0 Å². The molecule has 15 heteroatoms. The molecule has 0 bridgehead atoms. The molecule has 1 aromatic carbocycles. The Balaban J connectivity index is 1.96. The highest BCUT2D eigenvalue weighted by Crippen LogP contribution is 2.41. The first-order valence-corrected chi connectivity index (χ1v) is 13.2. The van der Waals surface area contributed by atoms with Crippen LogP contribution in [0.4, 0.5) is 15.0 Å². The molecule has 0 radical (unpaired) electrons. The van der Waals surface area contributed by atoms with Gasteiger partial charge in [-0.05, 0) is 45.9 Å². The molecule has 1 aliphatic heterocycles. The lowest BCUT2D eigenvalue weighted by Crippen LogP contribution is -2.62. The third-order valence-corrected chi connectivity index (χ3v) is 8.19. The lowest BCUT2D eigenvalue weighted by molar-refractivity contribution is -0.145. The minimum Gasteiger partial charge on any atom is -0.496 e. The summed E-state index contributed by atoms with van der Waals surface area (Å²) in [6, 6.07) is 2.60. The van der Waals surface area contributed by atoms with Crippen LogP contribution in [0.2, 0.25) is 0 Å². The molecule has 0 saturated carbocycles. The summed E-state index contributed by atoms with van der Waals surface area (Å²) >= 11 is 0. The summed E-state index contributed by atoms with van der Waals surface area (Å²) in [7, 11) is -1.98. The molecule has 2 amide bonds. The predicted molar refractivity (Wildman–Crippen MR) is 134 cm³/mol. The minimum absolute atomic E-state index is 0.0222. The van der Waals surface area contributed by atoms with Gasteiger partial charge in [0.15, 0.2) is 17.2 Å². The van der Waals surface area contributed by atoms with E-state index in [4.69, 9.17) is 13.9 Å². The van der Waals surface area contributed by atoms with Crippen molar-refractivity contribution in [3.8, 4) is 17.5 Å². The number of carbonyl (C=O) groups excluding carboxylic acids is 1. The number of fused-ring (bicyclic) bond motifs is 1. The van der Waals surface area contributed by atoms with Gasteiger partial charge in [-0.25, -0.2) is 23.9 Å². The first kappa shape index (κ1) is 28.0. The second kappa shape index (κ2) is 9.96. The minimum atomic E-state index is -4.74. The van der Waals surface area contributed by atoms with Gasteiger partial charge in [0.2, 0.25) is 5.03 Å². The van der Waals surface area contributed by atoms with Crippen molar-refractivity contribution in [1.82, 2.24) is 18.8 Å². The van der Waals surface area contributed by atoms with Crippen LogP contribution in [0.3, 0.4) is 0 Å². The second-order valence-electron chi connectivity index (χ2n) is 9.55. The fourth-order valence-corrected chi connectivity index (χ4v) is 6.28. The maximum absolute atomic E-state index is 14.3. The number of aliphatic carboxylic acids is 1. The number of urea groups is 1. The van der Waals surface area contributed by atoms with E-state index in [1.165, 1.54) is 44.8 Å². The highest BCUT2D eigenvalue weighted by Gasteiger charge is 2.55. The summed E-state index contributed by atoms with van der Waals surface area (Å²) in [6.07, 6.45) is 1.16. The number of rotatable bonds is 9. The normalized spacial score (nSPS) is 15.9. The molecule has 0 saturated heterocycles. The summed E-state index contributed by atoms with van der Waals surface area (Å²) < 4.78 is 60.1. The highest BCUT2D eigenvalue weighted by molar-refractivity contribution is 7.90. The average Bonchev–Trinajstić information content (AvgIpc) is 3.48. The number of oxazole rings is 1. The topological polar surface area (TPSA) is 157 Å². The van der Waals surface area contributed by atoms with E-state index in [-0.39, 0.29) is 35.4 Å². The molecule has 3 aromatic rings. The lowest BCUT2D eigenvalue weighted by Gasteiger charge is -2.41. The number of carboxylic acid groups (broad SMARTS) is 1. The lowest BCUT2D eigenvalue weighted by atomic mass is 10.1. The van der Waals surface area contributed by atoms with E-state index in [0.29, 0.717) is 4.31 Å². The number of aromatic nitrogens is 3. The van der Waals surface area contributed by atoms with Crippen LogP contribution in [0.1, 0.15) is 39.4 Å². The molecule has 2 aromatic heterocycles. The molecule has 4 rings (SSSR count). The van der Waals surface area contributed by atoms with Crippen molar-refractivity contribution in [1.29, 1.82) is 0 Å². The molecule has 0 fully saturated rings. The highest BCUT2D eigenvalue weighted by atomic mass is 32.2. The smallest absolute Gasteiger partial charge is 0.340 e. The largest absolute Gasteiger partial charge is 0.496 e. The molecule has 0 spiro atoms. The van der Waals surface area contributed by atoms with E-state index in [1.54, 1.807) is 13.8 Å². The molecule has 0 aliphatic carbocycles. The van der Waals surface area contributed by atoms with Gasteiger partial charge in [-0.1, -0.05) is 0 Å². The maximum Gasteiger partial charge on any atom is 0.340 e.